The molecular weight excluding hydrogens is 326 g/mol. The molecule has 130 valence electrons. The summed E-state index contributed by atoms with van der Waals surface area (Å²) in [5, 5.41) is 0. The number of allylic oxidation sites excluding steroid dienone is 1. The van der Waals surface area contributed by atoms with Gasteiger partial charge < -0.3 is 19.1 Å². The van der Waals surface area contributed by atoms with E-state index in [4.69, 9.17) is 14.2 Å². The average molecular weight is 350 g/mol. The first-order valence-electron chi connectivity index (χ1n) is 8.45. The number of piperidine rings is 1. The first kappa shape index (κ1) is 16.2. The van der Waals surface area contributed by atoms with Gasteiger partial charge in [0.25, 0.3) is 0 Å². The molecule has 2 bridgehead atoms. The molecule has 0 saturated carbocycles. The van der Waals surface area contributed by atoms with Gasteiger partial charge in [-0.3, -0.25) is 0 Å². The van der Waals surface area contributed by atoms with Crippen molar-refractivity contribution in [3.05, 3.63) is 35.4 Å². The van der Waals surface area contributed by atoms with Crippen LogP contribution in [-0.2, 0) is 16.6 Å². The van der Waals surface area contributed by atoms with Gasteiger partial charge in [-0.2, -0.15) is 0 Å². The van der Waals surface area contributed by atoms with Crippen molar-refractivity contribution < 1.29 is 14.2 Å². The number of hydrogen-bond donors (Lipinski definition) is 0. The molecule has 5 unspecified atom stereocenters. The Kier molecular flexibility index (Phi) is 3.64. The first-order chi connectivity index (χ1) is 11.2. The topological polar surface area (TPSA) is 30.9 Å². The minimum absolute atomic E-state index is 0. The second kappa shape index (κ2) is 5.38. The van der Waals surface area contributed by atoms with Crippen molar-refractivity contribution in [2.45, 2.75) is 24.0 Å². The number of hydrogen-bond acceptors (Lipinski definition) is 4. The van der Waals surface area contributed by atoms with Crippen molar-refractivity contribution in [1.29, 1.82) is 0 Å². The molecule has 1 aromatic rings. The SMILES string of the molecule is COc1ccc2c3c1OC1C(OC)C=CC4C(C2)CN(C)CC341.Cl. The summed E-state index contributed by atoms with van der Waals surface area (Å²) in [6, 6.07) is 4.32. The van der Waals surface area contributed by atoms with E-state index in [9.17, 15) is 0 Å². The van der Waals surface area contributed by atoms with E-state index < -0.39 is 0 Å². The van der Waals surface area contributed by atoms with Crippen molar-refractivity contribution in [3.8, 4) is 11.5 Å². The molecule has 2 aliphatic carbocycles. The van der Waals surface area contributed by atoms with E-state index in [0.717, 1.165) is 31.0 Å². The van der Waals surface area contributed by atoms with Gasteiger partial charge in [0.05, 0.1) is 12.5 Å². The zero-order valence-electron chi connectivity index (χ0n) is 14.3. The summed E-state index contributed by atoms with van der Waals surface area (Å²) in [4.78, 5) is 2.47. The van der Waals surface area contributed by atoms with Gasteiger partial charge in [0.15, 0.2) is 11.5 Å². The Balaban J connectivity index is 0.00000146. The average Bonchev–Trinajstić information content (AvgIpc) is 2.87. The third kappa shape index (κ3) is 1.77. The molecule has 4 aliphatic rings. The van der Waals surface area contributed by atoms with Crippen molar-refractivity contribution in [2.75, 3.05) is 34.4 Å². The van der Waals surface area contributed by atoms with Crippen LogP contribution in [0.4, 0.5) is 0 Å². The van der Waals surface area contributed by atoms with Crippen LogP contribution in [0.3, 0.4) is 0 Å². The van der Waals surface area contributed by atoms with E-state index in [2.05, 4.69) is 36.2 Å². The van der Waals surface area contributed by atoms with E-state index in [1.54, 1.807) is 14.2 Å². The van der Waals surface area contributed by atoms with Crippen molar-refractivity contribution in [2.24, 2.45) is 11.8 Å². The highest BCUT2D eigenvalue weighted by molar-refractivity contribution is 5.85. The number of likely N-dealkylation sites (N-methyl/N-ethyl adjacent to an activating group) is 1. The number of methoxy groups -OCH3 is 2. The number of ether oxygens (including phenoxy) is 3. The third-order valence-electron chi connectivity index (χ3n) is 6.39. The zero-order chi connectivity index (χ0) is 15.8. The van der Waals surface area contributed by atoms with E-state index in [1.807, 2.05) is 0 Å². The fourth-order valence-corrected chi connectivity index (χ4v) is 5.71. The Hall–Kier alpha value is -1.23. The van der Waals surface area contributed by atoms with Crippen LogP contribution in [0, 0.1) is 11.8 Å². The van der Waals surface area contributed by atoms with E-state index in [-0.39, 0.29) is 30.0 Å². The number of halogens is 1. The molecule has 5 rings (SSSR count). The van der Waals surface area contributed by atoms with Crippen LogP contribution in [0.5, 0.6) is 11.5 Å². The lowest BCUT2D eigenvalue weighted by molar-refractivity contribution is -0.0598. The largest absolute Gasteiger partial charge is 0.493 e. The zero-order valence-corrected chi connectivity index (χ0v) is 15.1. The van der Waals surface area contributed by atoms with Crippen LogP contribution in [0.25, 0.3) is 0 Å². The summed E-state index contributed by atoms with van der Waals surface area (Å²) >= 11 is 0. The number of rotatable bonds is 2. The molecule has 2 aliphatic heterocycles. The highest BCUT2D eigenvalue weighted by Gasteiger charge is 2.64. The van der Waals surface area contributed by atoms with Gasteiger partial charge >= 0.3 is 0 Å². The van der Waals surface area contributed by atoms with Crippen molar-refractivity contribution in [3.63, 3.8) is 0 Å². The summed E-state index contributed by atoms with van der Waals surface area (Å²) in [7, 11) is 5.74. The lowest BCUT2D eigenvalue weighted by Crippen LogP contribution is -2.65. The maximum atomic E-state index is 6.52. The van der Waals surface area contributed by atoms with Crippen molar-refractivity contribution in [1.82, 2.24) is 4.90 Å². The molecule has 0 amide bonds. The Labute approximate surface area is 149 Å². The van der Waals surface area contributed by atoms with Gasteiger partial charge in [0.1, 0.15) is 12.2 Å². The summed E-state index contributed by atoms with van der Waals surface area (Å²) in [5.41, 5.74) is 2.84. The maximum absolute atomic E-state index is 6.52. The minimum Gasteiger partial charge on any atom is -0.493 e. The van der Waals surface area contributed by atoms with Crippen LogP contribution in [0.2, 0.25) is 0 Å². The predicted octanol–water partition coefficient (Wildman–Crippen LogP) is 2.43. The summed E-state index contributed by atoms with van der Waals surface area (Å²) in [6.45, 7) is 2.18. The lowest BCUT2D eigenvalue weighted by atomic mass is 9.53. The molecule has 1 fully saturated rings. The smallest absolute Gasteiger partial charge is 0.166 e. The molecule has 0 radical (unpaired) electrons. The van der Waals surface area contributed by atoms with E-state index >= 15 is 0 Å². The second-order valence-electron chi connectivity index (χ2n) is 7.48. The Morgan fingerprint density at radius 1 is 1.25 bits per heavy atom. The highest BCUT2D eigenvalue weighted by Crippen LogP contribution is 2.62. The van der Waals surface area contributed by atoms with Gasteiger partial charge in [0, 0.05) is 25.8 Å². The molecule has 5 atom stereocenters. The highest BCUT2D eigenvalue weighted by atomic mass is 35.5. The molecule has 0 aromatic heterocycles. The van der Waals surface area contributed by atoms with Gasteiger partial charge in [0.2, 0.25) is 0 Å². The van der Waals surface area contributed by atoms with Crippen LogP contribution >= 0.6 is 12.4 Å². The molecule has 1 spiro atoms. The van der Waals surface area contributed by atoms with Crippen molar-refractivity contribution >= 4 is 12.4 Å². The number of likely N-dealkylation sites (tertiary alicyclic amines) is 1. The van der Waals surface area contributed by atoms with Crippen LogP contribution < -0.4 is 9.47 Å². The van der Waals surface area contributed by atoms with Gasteiger partial charge in [-0.15, -0.1) is 12.4 Å². The molecule has 4 nitrogen and oxygen atoms in total. The summed E-state index contributed by atoms with van der Waals surface area (Å²) < 4.78 is 17.9. The molecule has 24 heavy (non-hydrogen) atoms. The monoisotopic (exact) mass is 349 g/mol. The van der Waals surface area contributed by atoms with Crippen LogP contribution in [0.15, 0.2) is 24.3 Å². The minimum atomic E-state index is 0. The lowest BCUT2D eigenvalue weighted by Gasteiger charge is -2.56. The third-order valence-corrected chi connectivity index (χ3v) is 6.39. The summed E-state index contributed by atoms with van der Waals surface area (Å²) in [6.07, 6.45) is 5.79. The van der Waals surface area contributed by atoms with Crippen LogP contribution in [0.1, 0.15) is 11.1 Å². The Morgan fingerprint density at radius 3 is 2.83 bits per heavy atom. The molecule has 1 aromatic carbocycles. The molecule has 0 N–H and O–H groups in total. The number of benzene rings is 1. The fourth-order valence-electron chi connectivity index (χ4n) is 5.71. The fraction of sp³-hybridized carbons (Fsp3) is 0.579. The van der Waals surface area contributed by atoms with Gasteiger partial charge in [-0.05, 0) is 36.9 Å². The first-order valence-corrected chi connectivity index (χ1v) is 8.45. The second-order valence-corrected chi connectivity index (χ2v) is 7.48. The maximum Gasteiger partial charge on any atom is 0.166 e. The standard InChI is InChI=1S/C19H23NO3.ClH/c1-20-9-12-8-11-4-6-14(21-2)17-16(11)19(10-20)13(12)5-7-15(22-3)18(19)23-17;/h4-7,12-13,15,18H,8-10H2,1-3H3;1H. The van der Waals surface area contributed by atoms with E-state index in [0.29, 0.717) is 11.8 Å². The molecular formula is C19H24ClNO3. The predicted molar refractivity (Wildman–Crippen MR) is 94.5 cm³/mol. The van der Waals surface area contributed by atoms with Gasteiger partial charge in [-0.25, -0.2) is 0 Å². The van der Waals surface area contributed by atoms with Crippen LogP contribution in [-0.4, -0.2) is 51.5 Å². The Bertz CT molecular complexity index is 706. The molecule has 1 saturated heterocycles. The number of nitrogens with zero attached hydrogens (tertiary/aromatic N) is 1. The quantitative estimate of drug-likeness (QED) is 0.767. The molecule has 2 heterocycles. The summed E-state index contributed by atoms with van der Waals surface area (Å²) in [5.74, 6) is 3.00. The van der Waals surface area contributed by atoms with E-state index in [1.165, 1.54) is 11.1 Å². The molecule has 5 heteroatoms. The van der Waals surface area contributed by atoms with Gasteiger partial charge in [-0.1, -0.05) is 18.2 Å². The normalized spacial score (nSPS) is 38.1. The Morgan fingerprint density at radius 2 is 2.08 bits per heavy atom.